The predicted molar refractivity (Wildman–Crippen MR) is 383 cm³/mol. The van der Waals surface area contributed by atoms with Crippen molar-refractivity contribution in [2.24, 2.45) is 0 Å². The van der Waals surface area contributed by atoms with Gasteiger partial charge in [0.25, 0.3) is 12.5 Å². The van der Waals surface area contributed by atoms with Crippen LogP contribution in [0.2, 0.25) is 0 Å². The molecule has 0 amide bonds. The highest BCUT2D eigenvalue weighted by atomic mass is 79.9. The van der Waals surface area contributed by atoms with Gasteiger partial charge in [0.2, 0.25) is 0 Å². The molecule has 1 atom stereocenters. The number of aromatic nitrogens is 3. The van der Waals surface area contributed by atoms with Gasteiger partial charge in [0.05, 0.1) is 36.2 Å². The zero-order valence-electron chi connectivity index (χ0n) is 51.8. The van der Waals surface area contributed by atoms with Crippen molar-refractivity contribution in [2.75, 3.05) is 19.8 Å². The Labute approximate surface area is 569 Å². The molecular weight excluding hydrogens is 1310 g/mol. The molecule has 23 heteroatoms. The Morgan fingerprint density at radius 3 is 1.35 bits per heavy atom. The van der Waals surface area contributed by atoms with Crippen LogP contribution < -0.4 is 19.7 Å². The van der Waals surface area contributed by atoms with E-state index in [1.54, 1.807) is 44.3 Å². The maximum atomic E-state index is 12.0. The summed E-state index contributed by atoms with van der Waals surface area (Å²) in [6.45, 7) is 5.85. The molecule has 12 aromatic rings. The summed E-state index contributed by atoms with van der Waals surface area (Å²) in [7, 11) is -1.44. The van der Waals surface area contributed by atoms with Crippen LogP contribution in [0.15, 0.2) is 254 Å². The first-order valence-corrected chi connectivity index (χ1v) is 30.1. The Balaban J connectivity index is 0.000000268. The number of benzene rings is 9. The summed E-state index contributed by atoms with van der Waals surface area (Å²) in [5.41, 5.74) is 8.63. The van der Waals surface area contributed by atoms with Crippen LogP contribution in [0, 0.1) is 20.2 Å². The summed E-state index contributed by atoms with van der Waals surface area (Å²) in [5.74, 6) is 2.14. The number of para-hydroxylation sites is 6. The molecule has 3 heterocycles. The average Bonchev–Trinajstić information content (AvgIpc) is 1.68. The number of ether oxygens (including phenoxy) is 5. The highest BCUT2D eigenvalue weighted by Gasteiger charge is 2.32. The normalized spacial score (nSPS) is 10.1. The van der Waals surface area contributed by atoms with Crippen molar-refractivity contribution >= 4 is 85.9 Å². The second-order valence-electron chi connectivity index (χ2n) is 19.8. The van der Waals surface area contributed by atoms with Gasteiger partial charge in [-0.1, -0.05) is 154 Å². The summed E-state index contributed by atoms with van der Waals surface area (Å²) in [6, 6.07) is 72.2. The van der Waals surface area contributed by atoms with Gasteiger partial charge < -0.3 is 58.6 Å². The minimum atomic E-state index is -1.44. The molecule has 21 nitrogen and oxygen atoms in total. The third kappa shape index (κ3) is 25.0. The number of carboxylic acids is 1. The van der Waals surface area contributed by atoms with Gasteiger partial charge in [0.1, 0.15) is 41.3 Å². The lowest BCUT2D eigenvalue weighted by Crippen LogP contribution is -2.33. The molecule has 0 aliphatic carbocycles. The van der Waals surface area contributed by atoms with Gasteiger partial charge in [-0.15, -0.1) is 0 Å². The molecule has 0 spiro atoms. The third-order valence-corrected chi connectivity index (χ3v) is 13.8. The molecule has 0 radical (unpaired) electrons. The van der Waals surface area contributed by atoms with Crippen LogP contribution in [0.3, 0.4) is 0 Å². The molecule has 9 aromatic carbocycles. The van der Waals surface area contributed by atoms with E-state index in [4.69, 9.17) is 43.7 Å². The Hall–Kier alpha value is -11.7. The van der Waals surface area contributed by atoms with E-state index in [0.717, 1.165) is 62.2 Å². The predicted octanol–water partition coefficient (Wildman–Crippen LogP) is 16.1. The van der Waals surface area contributed by atoms with Crippen LogP contribution in [-0.4, -0.2) is 97.6 Å². The number of halogens is 1. The van der Waals surface area contributed by atoms with Gasteiger partial charge in [-0.3, -0.25) is 25.0 Å². The summed E-state index contributed by atoms with van der Waals surface area (Å²) in [5, 5.41) is 49.6. The number of fused-ring (bicyclic) bond motifs is 3. The van der Waals surface area contributed by atoms with Gasteiger partial charge >= 0.3 is 25.1 Å². The van der Waals surface area contributed by atoms with E-state index in [0.29, 0.717) is 16.8 Å². The molecule has 0 bridgehead atoms. The van der Waals surface area contributed by atoms with Crippen molar-refractivity contribution in [3.63, 3.8) is 0 Å². The molecule has 502 valence electrons. The number of carboxylic acid groups (broad SMARTS) is 1. The van der Waals surface area contributed by atoms with Gasteiger partial charge in [0, 0.05) is 61.7 Å². The number of nitrogens with zero attached hydrogens (tertiary/aromatic N) is 2. The Morgan fingerprint density at radius 1 is 0.526 bits per heavy atom. The second kappa shape index (κ2) is 41.1. The maximum absolute atomic E-state index is 12.0. The van der Waals surface area contributed by atoms with Crippen LogP contribution >= 0.6 is 15.9 Å². The van der Waals surface area contributed by atoms with Gasteiger partial charge in [-0.05, 0) is 148 Å². The van der Waals surface area contributed by atoms with Crippen LogP contribution in [0.5, 0.6) is 34.5 Å². The number of carbonyl (C=O) groups is 4. The number of aromatic amines is 3. The monoisotopic (exact) mass is 1380 g/mol. The SMILES string of the molecule is Brc1cccc2cc[nH]c12.C.C.C=O.CC(=O)O.CCOC(=O)C(Cc1c[nH]c2c(-c3ccc(Oc4ccccc4)cc3)cccc12)[N+](=O)[O-].CCOC(=O)C[N+](=O)[O-].OB(O)c1ccc(Oc2ccccc2)cc1.c1ccc(Oc2ccc(-c3cccc4cc[nH]c34)cc2)cc1. The summed E-state index contributed by atoms with van der Waals surface area (Å²) >= 11 is 3.44. The Bertz CT molecular complexity index is 4320. The van der Waals surface area contributed by atoms with Gasteiger partial charge in [-0.2, -0.15) is 0 Å². The average molecular weight is 1380 g/mol. The molecule has 97 heavy (non-hydrogen) atoms. The molecule has 0 aliphatic rings. The second-order valence-corrected chi connectivity index (χ2v) is 20.6. The molecule has 0 aliphatic heterocycles. The first kappa shape index (κ1) is 77.8. The Kier molecular flexibility index (Phi) is 33.0. The number of hydrogen-bond donors (Lipinski definition) is 6. The fourth-order valence-corrected chi connectivity index (χ4v) is 9.48. The molecule has 0 saturated carbocycles. The van der Waals surface area contributed by atoms with Crippen molar-refractivity contribution in [3.05, 3.63) is 279 Å². The number of esters is 2. The van der Waals surface area contributed by atoms with Crippen molar-refractivity contribution in [1.82, 2.24) is 15.0 Å². The van der Waals surface area contributed by atoms with Crippen molar-refractivity contribution < 1.29 is 67.9 Å². The van der Waals surface area contributed by atoms with Crippen LogP contribution in [-0.2, 0) is 35.1 Å². The largest absolute Gasteiger partial charge is 0.488 e. The van der Waals surface area contributed by atoms with E-state index in [1.807, 2.05) is 177 Å². The molecule has 3 aromatic heterocycles. The topological polar surface area (TPSA) is 309 Å². The summed E-state index contributed by atoms with van der Waals surface area (Å²) < 4.78 is 27.5. The van der Waals surface area contributed by atoms with Crippen LogP contribution in [0.1, 0.15) is 41.2 Å². The third-order valence-electron chi connectivity index (χ3n) is 13.2. The molecule has 0 fully saturated rings. The van der Waals surface area contributed by atoms with E-state index in [9.17, 15) is 29.8 Å². The van der Waals surface area contributed by atoms with Crippen molar-refractivity contribution in [2.45, 2.75) is 48.1 Å². The number of H-pyrrole nitrogens is 3. The molecular formula is C74H75BBrN5O16. The fraction of sp³-hybridized carbons (Fsp3) is 0.135. The zero-order chi connectivity index (χ0) is 68.5. The van der Waals surface area contributed by atoms with Gasteiger partial charge in [0.15, 0.2) is 0 Å². The summed E-state index contributed by atoms with van der Waals surface area (Å²) in [4.78, 5) is 68.6. The number of carbonyl (C=O) groups excluding carboxylic acids is 3. The number of nitro groups is 2. The molecule has 6 N–H and O–H groups in total. The van der Waals surface area contributed by atoms with E-state index in [2.05, 4.69) is 84.1 Å². The summed E-state index contributed by atoms with van der Waals surface area (Å²) in [6.07, 6.45) is 5.59. The quantitative estimate of drug-likeness (QED) is 0.0214. The highest BCUT2D eigenvalue weighted by Crippen LogP contribution is 2.34. The van der Waals surface area contributed by atoms with Crippen molar-refractivity contribution in [3.8, 4) is 56.8 Å². The standard InChI is InChI=1S/C25H22N2O5.C20H15NO.C12H11BO3.C8H6BrN.C4H7NO4.C2H4O2.CH2O.2CH4/c1-2-31-25(28)23(27(29)30)15-18-16-26-24-21(9-6-10-22(18)24)17-11-13-20(14-12-17)32-19-7-4-3-5-8-19;1-2-6-17(7-3-1)22-18-11-9-15(10-12-18)19-8-4-5-16-13-14-21-20(16)19;14-13(15)10-6-8-12(9-7-10)16-11-4-2-1-3-5-11;9-7-3-1-2-6-4-5-10-8(6)7;1-2-9-4(6)3-5(7)8;1-2(3)4;1-2;;/h3-14,16,23,26H,2,15H2,1H3;1-14,21H;1-9,14-15H;1-5,10H;2-3H2,1H3;1H3,(H,3,4);1H2;2*1H4. The van der Waals surface area contributed by atoms with E-state index < -0.39 is 47.5 Å². The fourth-order valence-electron chi connectivity index (χ4n) is 8.98. The lowest BCUT2D eigenvalue weighted by Gasteiger charge is -2.09. The first-order valence-electron chi connectivity index (χ1n) is 29.3. The lowest BCUT2D eigenvalue weighted by molar-refractivity contribution is -0.510. The van der Waals surface area contributed by atoms with E-state index in [-0.39, 0.29) is 34.5 Å². The number of hydrogen-bond acceptors (Lipinski definition) is 15. The van der Waals surface area contributed by atoms with Gasteiger partial charge in [-0.25, -0.2) is 9.59 Å². The molecule has 0 saturated heterocycles. The van der Waals surface area contributed by atoms with E-state index >= 15 is 0 Å². The van der Waals surface area contributed by atoms with E-state index in [1.165, 1.54) is 32.9 Å². The first-order chi connectivity index (χ1) is 46.0. The maximum Gasteiger partial charge on any atom is 0.488 e. The number of aliphatic carboxylic acids is 1. The Morgan fingerprint density at radius 2 is 0.928 bits per heavy atom. The molecule has 1 unspecified atom stereocenters. The lowest BCUT2D eigenvalue weighted by atomic mass is 9.80. The van der Waals surface area contributed by atoms with Crippen molar-refractivity contribution in [1.29, 1.82) is 0 Å². The van der Waals surface area contributed by atoms with Crippen LogP contribution in [0.4, 0.5) is 0 Å². The number of rotatable bonds is 17. The highest BCUT2D eigenvalue weighted by molar-refractivity contribution is 9.10. The minimum Gasteiger partial charge on any atom is -0.481 e. The minimum absolute atomic E-state index is 0. The molecule has 12 rings (SSSR count). The zero-order valence-corrected chi connectivity index (χ0v) is 53.4. The smallest absolute Gasteiger partial charge is 0.481 e. The van der Waals surface area contributed by atoms with Crippen LogP contribution in [0.25, 0.3) is 55.0 Å². The number of nitrogens with one attached hydrogen (secondary N) is 3.